The Hall–Kier alpha value is -6.98. The standard InChI is InChI=1S/C37H38N2O16/c1-8-26(40)48-19-34(20-49-27(41)9-2,36(38-32(46)54-36)52-30(44)12-5)17-24-15-14-16-25(23(24)7)18-35(21-50-28(42)10-3,22-51-29(43)11-4)37(39-33(47)55-37)53-31(45)13-6/h8-16H,1-6,17-22H2,7H3,(H,38,46)(H,39,47). The third-order valence-corrected chi connectivity index (χ3v) is 8.47. The van der Waals surface area contributed by atoms with Crippen molar-refractivity contribution in [3.63, 3.8) is 0 Å². The van der Waals surface area contributed by atoms with Gasteiger partial charge in [0.1, 0.15) is 37.3 Å². The lowest BCUT2D eigenvalue weighted by Gasteiger charge is -2.51. The molecule has 3 rings (SSSR count). The molecular weight excluding hydrogens is 728 g/mol. The van der Waals surface area contributed by atoms with Crippen LogP contribution in [0.5, 0.6) is 0 Å². The van der Waals surface area contributed by atoms with E-state index >= 15 is 0 Å². The summed E-state index contributed by atoms with van der Waals surface area (Å²) in [5.74, 6) is -10.8. The van der Waals surface area contributed by atoms with Gasteiger partial charge in [-0.3, -0.25) is 0 Å². The molecule has 0 radical (unpaired) electrons. The Labute approximate surface area is 314 Å². The number of ether oxygens (including phenoxy) is 8. The molecule has 2 fully saturated rings. The van der Waals surface area contributed by atoms with Gasteiger partial charge in [-0.1, -0.05) is 57.7 Å². The summed E-state index contributed by atoms with van der Waals surface area (Å²) in [5, 5.41) is 4.71. The van der Waals surface area contributed by atoms with Gasteiger partial charge in [-0.25, -0.2) is 49.0 Å². The highest BCUT2D eigenvalue weighted by Crippen LogP contribution is 2.46. The molecule has 2 atom stereocenters. The van der Waals surface area contributed by atoms with Crippen molar-refractivity contribution in [1.82, 2.24) is 10.6 Å². The second-order valence-corrected chi connectivity index (χ2v) is 11.9. The first-order chi connectivity index (χ1) is 26.0. The monoisotopic (exact) mass is 766 g/mol. The van der Waals surface area contributed by atoms with E-state index in [4.69, 9.17) is 37.9 Å². The molecule has 18 heteroatoms. The third kappa shape index (κ3) is 9.34. The molecule has 2 N–H and O–H groups in total. The van der Waals surface area contributed by atoms with E-state index in [0.717, 1.165) is 36.5 Å². The normalized spacial score (nSPS) is 18.2. The van der Waals surface area contributed by atoms with E-state index in [1.807, 2.05) is 0 Å². The number of benzene rings is 1. The van der Waals surface area contributed by atoms with Crippen LogP contribution >= 0.6 is 0 Å². The van der Waals surface area contributed by atoms with Gasteiger partial charge in [-0.05, 0) is 36.5 Å². The summed E-state index contributed by atoms with van der Waals surface area (Å²) in [6, 6.07) is 4.69. The first-order valence-corrected chi connectivity index (χ1v) is 16.0. The van der Waals surface area contributed by atoms with Crippen LogP contribution in [-0.2, 0) is 79.5 Å². The van der Waals surface area contributed by atoms with Crippen molar-refractivity contribution in [2.24, 2.45) is 10.8 Å². The van der Waals surface area contributed by atoms with Crippen LogP contribution in [0.15, 0.2) is 94.1 Å². The fourth-order valence-electron chi connectivity index (χ4n) is 5.52. The van der Waals surface area contributed by atoms with Crippen LogP contribution in [0, 0.1) is 17.8 Å². The van der Waals surface area contributed by atoms with E-state index in [9.17, 15) is 38.4 Å². The molecule has 0 spiro atoms. The maximum atomic E-state index is 12.6. The van der Waals surface area contributed by atoms with Gasteiger partial charge in [0.15, 0.2) is 0 Å². The number of carbonyl (C=O) groups is 8. The highest BCUT2D eigenvalue weighted by Gasteiger charge is 2.68. The number of nitrogens with one attached hydrogen (secondary N) is 2. The van der Waals surface area contributed by atoms with E-state index in [-0.39, 0.29) is 12.8 Å². The minimum atomic E-state index is -2.42. The molecule has 292 valence electrons. The van der Waals surface area contributed by atoms with Crippen LogP contribution in [0.2, 0.25) is 0 Å². The van der Waals surface area contributed by atoms with Gasteiger partial charge in [0, 0.05) is 36.5 Å². The molecule has 1 aromatic rings. The topological polar surface area (TPSA) is 234 Å². The summed E-state index contributed by atoms with van der Waals surface area (Å²) >= 11 is 0. The molecule has 0 saturated carbocycles. The van der Waals surface area contributed by atoms with E-state index in [0.29, 0.717) is 16.7 Å². The number of carbonyl (C=O) groups excluding carboxylic acids is 8. The minimum absolute atomic E-state index is 0.344. The van der Waals surface area contributed by atoms with Gasteiger partial charge >= 0.3 is 59.8 Å². The second kappa shape index (κ2) is 17.7. The third-order valence-electron chi connectivity index (χ3n) is 8.47. The lowest BCUT2D eigenvalue weighted by atomic mass is 9.74. The Balaban J connectivity index is 2.29. The summed E-state index contributed by atoms with van der Waals surface area (Å²) in [7, 11) is 0. The van der Waals surface area contributed by atoms with Crippen LogP contribution in [-0.4, -0.2) is 86.3 Å². The molecule has 2 saturated heterocycles. The molecule has 2 heterocycles. The molecule has 18 nitrogen and oxygen atoms in total. The molecule has 0 aliphatic carbocycles. The lowest BCUT2D eigenvalue weighted by Crippen LogP contribution is -2.76. The van der Waals surface area contributed by atoms with Crippen molar-refractivity contribution in [2.45, 2.75) is 31.6 Å². The van der Waals surface area contributed by atoms with Gasteiger partial charge in [0.2, 0.25) is 0 Å². The van der Waals surface area contributed by atoms with Gasteiger partial charge in [0.05, 0.1) is 0 Å². The number of hydrogen-bond donors (Lipinski definition) is 2. The summed E-state index contributed by atoms with van der Waals surface area (Å²) in [5.41, 5.74) is -2.84. The maximum Gasteiger partial charge on any atom is 0.417 e. The Morgan fingerprint density at radius 2 is 0.855 bits per heavy atom. The predicted octanol–water partition coefficient (Wildman–Crippen LogP) is 2.22. The van der Waals surface area contributed by atoms with Crippen LogP contribution in [0.25, 0.3) is 0 Å². The Morgan fingerprint density at radius 1 is 0.582 bits per heavy atom. The smallest absolute Gasteiger partial charge is 0.417 e. The summed E-state index contributed by atoms with van der Waals surface area (Å²) in [4.78, 5) is 99.4. The largest absolute Gasteiger partial charge is 0.461 e. The van der Waals surface area contributed by atoms with Gasteiger partial charge in [0.25, 0.3) is 0 Å². The van der Waals surface area contributed by atoms with E-state index in [1.165, 1.54) is 6.07 Å². The number of cyclic esters (lactones) is 2. The molecular formula is C37H38N2O16. The predicted molar refractivity (Wildman–Crippen MR) is 185 cm³/mol. The van der Waals surface area contributed by atoms with Crippen molar-refractivity contribution < 1.29 is 76.3 Å². The van der Waals surface area contributed by atoms with Crippen molar-refractivity contribution in [2.75, 3.05) is 26.4 Å². The second-order valence-electron chi connectivity index (χ2n) is 11.9. The molecule has 2 amide bonds. The Morgan fingerprint density at radius 3 is 1.09 bits per heavy atom. The zero-order valence-electron chi connectivity index (χ0n) is 29.7. The zero-order chi connectivity index (χ0) is 41.0. The number of amides is 2. The van der Waals surface area contributed by atoms with E-state index < -0.39 is 97.1 Å². The minimum Gasteiger partial charge on any atom is -0.461 e. The molecule has 2 unspecified atom stereocenters. The number of hydrogen-bond acceptors (Lipinski definition) is 16. The quantitative estimate of drug-likeness (QED) is 0.0978. The lowest BCUT2D eigenvalue weighted by molar-refractivity contribution is -0.319. The summed E-state index contributed by atoms with van der Waals surface area (Å²) in [6.07, 6.45) is 2.06. The molecule has 55 heavy (non-hydrogen) atoms. The fourth-order valence-corrected chi connectivity index (χ4v) is 5.52. The molecule has 2 aliphatic rings. The first kappa shape index (κ1) is 42.4. The number of rotatable bonds is 22. The Kier molecular flexibility index (Phi) is 13.7. The Bertz CT molecular complexity index is 1640. The van der Waals surface area contributed by atoms with Gasteiger partial charge in [-0.2, -0.15) is 0 Å². The van der Waals surface area contributed by atoms with Gasteiger partial charge < -0.3 is 37.9 Å². The summed E-state index contributed by atoms with van der Waals surface area (Å²) in [6.45, 7) is 18.9. The van der Waals surface area contributed by atoms with E-state index in [2.05, 4.69) is 50.1 Å². The molecule has 2 aliphatic heterocycles. The van der Waals surface area contributed by atoms with Crippen LogP contribution in [0.3, 0.4) is 0 Å². The number of esters is 6. The highest BCUT2D eigenvalue weighted by atomic mass is 16.8. The van der Waals surface area contributed by atoms with Gasteiger partial charge in [-0.15, -0.1) is 0 Å². The van der Waals surface area contributed by atoms with Crippen molar-refractivity contribution in [3.8, 4) is 0 Å². The maximum absolute atomic E-state index is 12.6. The first-order valence-electron chi connectivity index (χ1n) is 16.0. The van der Waals surface area contributed by atoms with Crippen molar-refractivity contribution in [1.29, 1.82) is 0 Å². The zero-order valence-corrected chi connectivity index (χ0v) is 29.7. The van der Waals surface area contributed by atoms with Crippen LogP contribution in [0.4, 0.5) is 9.59 Å². The molecule has 0 bridgehead atoms. The van der Waals surface area contributed by atoms with E-state index in [1.54, 1.807) is 19.1 Å². The molecule has 1 aromatic carbocycles. The van der Waals surface area contributed by atoms with Crippen LogP contribution in [0.1, 0.15) is 16.7 Å². The average Bonchev–Trinajstić information content (AvgIpc) is 3.15. The van der Waals surface area contributed by atoms with Crippen molar-refractivity contribution in [3.05, 3.63) is 111 Å². The van der Waals surface area contributed by atoms with Crippen LogP contribution < -0.4 is 10.6 Å². The molecule has 0 aromatic heterocycles. The average molecular weight is 767 g/mol. The summed E-state index contributed by atoms with van der Waals surface area (Å²) < 4.78 is 43.3. The van der Waals surface area contributed by atoms with Crippen molar-refractivity contribution >= 4 is 48.0 Å². The highest BCUT2D eigenvalue weighted by molar-refractivity contribution is 5.85. The fraction of sp³-hybridized carbons (Fsp3) is 0.297. The SMILES string of the molecule is C=CC(=O)OCC(COC(=O)C=C)(Cc1cccc(CC(COC(=O)C=C)(COC(=O)C=C)C2(OC(=O)C=C)NC(=O)O2)c1C)C1(OC(=O)C=C)NC(=O)O1.